The lowest BCUT2D eigenvalue weighted by molar-refractivity contribution is 0.320. The van der Waals surface area contributed by atoms with E-state index in [9.17, 15) is 0 Å². The molecule has 2 aliphatic rings. The van der Waals surface area contributed by atoms with Crippen LogP contribution in [0.2, 0.25) is 0 Å². The molecule has 0 N–H and O–H groups in total. The summed E-state index contributed by atoms with van der Waals surface area (Å²) in [5.41, 5.74) is 5.37. The third-order valence-corrected chi connectivity index (χ3v) is 5.17. The predicted molar refractivity (Wildman–Crippen MR) is 87.5 cm³/mol. The van der Waals surface area contributed by atoms with Crippen LogP contribution in [-0.4, -0.2) is 0 Å². The van der Waals surface area contributed by atoms with Crippen LogP contribution in [-0.2, 0) is 0 Å². The molecular formula is C20H26. The van der Waals surface area contributed by atoms with Crippen LogP contribution in [0.15, 0.2) is 47.6 Å². The van der Waals surface area contributed by atoms with Crippen LogP contribution in [0.5, 0.6) is 0 Å². The van der Waals surface area contributed by atoms with E-state index in [1.54, 1.807) is 11.1 Å². The second kappa shape index (κ2) is 5.60. The van der Waals surface area contributed by atoms with E-state index < -0.39 is 0 Å². The lowest BCUT2D eigenvalue weighted by Gasteiger charge is -2.40. The molecule has 0 heterocycles. The SMILES string of the molecule is CC1(C)CCCC2=C1CC(/C=C/c1ccccc1)CC2. The Morgan fingerprint density at radius 1 is 1.10 bits per heavy atom. The molecule has 0 bridgehead atoms. The summed E-state index contributed by atoms with van der Waals surface area (Å²) in [6, 6.07) is 10.7. The minimum atomic E-state index is 0.451. The van der Waals surface area contributed by atoms with Crippen LogP contribution in [0.4, 0.5) is 0 Å². The van der Waals surface area contributed by atoms with E-state index in [0.29, 0.717) is 5.41 Å². The maximum Gasteiger partial charge on any atom is -0.0142 e. The topological polar surface area (TPSA) is 0 Å². The van der Waals surface area contributed by atoms with Crippen LogP contribution in [0.25, 0.3) is 6.08 Å². The Kier molecular flexibility index (Phi) is 3.83. The summed E-state index contributed by atoms with van der Waals surface area (Å²) in [6.07, 6.45) is 12.9. The molecule has 1 atom stereocenters. The number of rotatable bonds is 2. The van der Waals surface area contributed by atoms with Gasteiger partial charge in [-0.05, 0) is 55.4 Å². The summed E-state index contributed by atoms with van der Waals surface area (Å²) in [5.74, 6) is 0.742. The van der Waals surface area contributed by atoms with Gasteiger partial charge in [0.2, 0.25) is 0 Å². The Bertz CT molecular complexity index is 516. The summed E-state index contributed by atoms with van der Waals surface area (Å²) >= 11 is 0. The maximum absolute atomic E-state index is 2.45. The summed E-state index contributed by atoms with van der Waals surface area (Å²) in [4.78, 5) is 0. The van der Waals surface area contributed by atoms with E-state index >= 15 is 0 Å². The molecule has 0 aliphatic heterocycles. The first-order valence-electron chi connectivity index (χ1n) is 8.10. The summed E-state index contributed by atoms with van der Waals surface area (Å²) in [7, 11) is 0. The quantitative estimate of drug-likeness (QED) is 0.575. The standard InChI is InChI=1S/C20H26/c1-20(2)14-6-9-18-13-12-17(15-19(18)20)11-10-16-7-4-3-5-8-16/h3-5,7-8,10-11,17H,6,9,12-15H2,1-2H3/b11-10+. The molecule has 0 nitrogen and oxygen atoms in total. The van der Waals surface area contributed by atoms with Crippen molar-refractivity contribution in [3.8, 4) is 0 Å². The van der Waals surface area contributed by atoms with Gasteiger partial charge < -0.3 is 0 Å². The zero-order valence-electron chi connectivity index (χ0n) is 12.9. The Morgan fingerprint density at radius 3 is 2.70 bits per heavy atom. The molecule has 0 spiro atoms. The maximum atomic E-state index is 2.45. The molecule has 0 amide bonds. The van der Waals surface area contributed by atoms with E-state index in [-0.39, 0.29) is 0 Å². The molecule has 20 heavy (non-hydrogen) atoms. The van der Waals surface area contributed by atoms with E-state index in [2.05, 4.69) is 56.3 Å². The van der Waals surface area contributed by atoms with Crippen LogP contribution >= 0.6 is 0 Å². The van der Waals surface area contributed by atoms with E-state index in [0.717, 1.165) is 5.92 Å². The van der Waals surface area contributed by atoms with Crippen molar-refractivity contribution in [2.24, 2.45) is 11.3 Å². The highest BCUT2D eigenvalue weighted by molar-refractivity contribution is 5.49. The fourth-order valence-corrected chi connectivity index (χ4v) is 3.92. The highest BCUT2D eigenvalue weighted by atomic mass is 14.4. The first kappa shape index (κ1) is 13.7. The fraction of sp³-hybridized carbons (Fsp3) is 0.500. The van der Waals surface area contributed by atoms with Crippen LogP contribution in [0.3, 0.4) is 0 Å². The van der Waals surface area contributed by atoms with Crippen LogP contribution < -0.4 is 0 Å². The van der Waals surface area contributed by atoms with Gasteiger partial charge in [0.25, 0.3) is 0 Å². The van der Waals surface area contributed by atoms with Crippen molar-refractivity contribution in [2.45, 2.75) is 52.4 Å². The van der Waals surface area contributed by atoms with Gasteiger partial charge >= 0.3 is 0 Å². The summed E-state index contributed by atoms with van der Waals surface area (Å²) in [5, 5.41) is 0. The summed E-state index contributed by atoms with van der Waals surface area (Å²) < 4.78 is 0. The number of hydrogen-bond acceptors (Lipinski definition) is 0. The Morgan fingerprint density at radius 2 is 1.90 bits per heavy atom. The van der Waals surface area contributed by atoms with Crippen molar-refractivity contribution in [3.63, 3.8) is 0 Å². The lowest BCUT2D eigenvalue weighted by atomic mass is 9.66. The molecule has 1 aromatic carbocycles. The molecule has 106 valence electrons. The average Bonchev–Trinajstić information content (AvgIpc) is 2.46. The zero-order chi connectivity index (χ0) is 14.0. The van der Waals surface area contributed by atoms with Gasteiger partial charge in [0.15, 0.2) is 0 Å². The Balaban J connectivity index is 1.73. The smallest absolute Gasteiger partial charge is 0.0142 e. The minimum absolute atomic E-state index is 0.451. The van der Waals surface area contributed by atoms with Crippen molar-refractivity contribution < 1.29 is 0 Å². The van der Waals surface area contributed by atoms with Crippen molar-refractivity contribution in [3.05, 3.63) is 53.1 Å². The molecule has 0 heteroatoms. The van der Waals surface area contributed by atoms with Gasteiger partial charge in [-0.25, -0.2) is 0 Å². The third-order valence-electron chi connectivity index (χ3n) is 5.17. The molecule has 0 aromatic heterocycles. The Hall–Kier alpha value is -1.30. The van der Waals surface area contributed by atoms with Crippen LogP contribution in [0, 0.1) is 11.3 Å². The zero-order valence-corrected chi connectivity index (χ0v) is 12.9. The van der Waals surface area contributed by atoms with Gasteiger partial charge in [-0.2, -0.15) is 0 Å². The van der Waals surface area contributed by atoms with Crippen molar-refractivity contribution in [2.75, 3.05) is 0 Å². The normalized spacial score (nSPS) is 25.8. The van der Waals surface area contributed by atoms with Gasteiger partial charge in [0.1, 0.15) is 0 Å². The van der Waals surface area contributed by atoms with Gasteiger partial charge in [-0.15, -0.1) is 0 Å². The van der Waals surface area contributed by atoms with Crippen LogP contribution in [0.1, 0.15) is 57.9 Å². The molecule has 2 aliphatic carbocycles. The van der Waals surface area contributed by atoms with Gasteiger partial charge in [0, 0.05) is 0 Å². The number of benzene rings is 1. The monoisotopic (exact) mass is 266 g/mol. The van der Waals surface area contributed by atoms with E-state index in [4.69, 9.17) is 0 Å². The fourth-order valence-electron chi connectivity index (χ4n) is 3.92. The van der Waals surface area contributed by atoms with Crippen molar-refractivity contribution in [1.29, 1.82) is 0 Å². The first-order valence-corrected chi connectivity index (χ1v) is 8.10. The molecule has 0 radical (unpaired) electrons. The van der Waals surface area contributed by atoms with Crippen molar-refractivity contribution >= 4 is 6.08 Å². The predicted octanol–water partition coefficient (Wildman–Crippen LogP) is 6.01. The highest BCUT2D eigenvalue weighted by Crippen LogP contribution is 2.48. The molecule has 0 saturated heterocycles. The third kappa shape index (κ3) is 2.90. The lowest BCUT2D eigenvalue weighted by Crippen LogP contribution is -2.25. The van der Waals surface area contributed by atoms with Gasteiger partial charge in [-0.1, -0.05) is 67.5 Å². The molecule has 0 saturated carbocycles. The summed E-state index contributed by atoms with van der Waals surface area (Å²) in [6.45, 7) is 4.90. The number of allylic oxidation sites excluding steroid dienone is 3. The largest absolute Gasteiger partial charge is 0.0805 e. The molecule has 1 aromatic rings. The minimum Gasteiger partial charge on any atom is -0.0805 e. The van der Waals surface area contributed by atoms with Gasteiger partial charge in [-0.3, -0.25) is 0 Å². The molecule has 0 fully saturated rings. The average molecular weight is 266 g/mol. The van der Waals surface area contributed by atoms with E-state index in [1.165, 1.54) is 44.1 Å². The second-order valence-corrected chi connectivity index (χ2v) is 7.09. The molecule has 3 rings (SSSR count). The van der Waals surface area contributed by atoms with E-state index in [1.807, 2.05) is 0 Å². The highest BCUT2D eigenvalue weighted by Gasteiger charge is 2.33. The van der Waals surface area contributed by atoms with Crippen molar-refractivity contribution in [1.82, 2.24) is 0 Å². The molecule has 1 unspecified atom stereocenters. The second-order valence-electron chi connectivity index (χ2n) is 7.09. The van der Waals surface area contributed by atoms with Gasteiger partial charge in [0.05, 0.1) is 0 Å². The Labute approximate surface area is 123 Å². The first-order chi connectivity index (χ1) is 9.65. The number of hydrogen-bond donors (Lipinski definition) is 0. The molecular weight excluding hydrogens is 240 g/mol.